The second-order valence-electron chi connectivity index (χ2n) is 3.67. The van der Waals surface area contributed by atoms with Gasteiger partial charge in [0.1, 0.15) is 6.20 Å². The molecule has 0 spiro atoms. The molecule has 1 aromatic rings. The number of nitro groups is 1. The Kier molecular flexibility index (Phi) is 5.12. The van der Waals surface area contributed by atoms with Crippen LogP contribution >= 0.6 is 0 Å². The lowest BCUT2D eigenvalue weighted by atomic mass is 10.2. The van der Waals surface area contributed by atoms with E-state index in [4.69, 9.17) is 0 Å². The van der Waals surface area contributed by atoms with Crippen LogP contribution in [-0.4, -0.2) is 38.3 Å². The second kappa shape index (κ2) is 6.59. The van der Waals surface area contributed by atoms with E-state index in [1.54, 1.807) is 6.92 Å². The summed E-state index contributed by atoms with van der Waals surface area (Å²) in [6.07, 6.45) is 0.309. The van der Waals surface area contributed by atoms with E-state index in [1.807, 2.05) is 0 Å². The zero-order chi connectivity index (χ0) is 14.4. The van der Waals surface area contributed by atoms with Crippen LogP contribution in [0.3, 0.4) is 0 Å². The van der Waals surface area contributed by atoms with E-state index < -0.39 is 22.7 Å². The normalized spacial score (nSPS) is 11.9. The molecule has 1 atom stereocenters. The fourth-order valence-corrected chi connectivity index (χ4v) is 1.37. The number of aliphatic hydroxyl groups excluding tert-OH is 1. The highest BCUT2D eigenvalue weighted by Gasteiger charge is 2.15. The van der Waals surface area contributed by atoms with Crippen molar-refractivity contribution in [1.29, 1.82) is 0 Å². The van der Waals surface area contributed by atoms with Crippen molar-refractivity contribution in [2.75, 3.05) is 6.61 Å². The molecule has 104 valence electrons. The number of carbonyl (C=O) groups excluding carboxylic acids is 1. The van der Waals surface area contributed by atoms with Gasteiger partial charge in [0.05, 0.1) is 36.8 Å². The van der Waals surface area contributed by atoms with Crippen molar-refractivity contribution in [3.05, 3.63) is 33.0 Å². The van der Waals surface area contributed by atoms with Crippen LogP contribution < -0.4 is 5.69 Å². The first-order chi connectivity index (χ1) is 8.93. The molecule has 0 aliphatic carbocycles. The monoisotopic (exact) mass is 271 g/mol. The number of aliphatic hydroxyl groups is 1. The molecule has 0 radical (unpaired) electrons. The number of nitrogens with zero attached hydrogens (tertiary/aromatic N) is 3. The molecule has 0 fully saturated rings. The van der Waals surface area contributed by atoms with Crippen LogP contribution in [0, 0.1) is 10.1 Å². The van der Waals surface area contributed by atoms with E-state index in [2.05, 4.69) is 9.72 Å². The Morgan fingerprint density at radius 2 is 2.37 bits per heavy atom. The minimum atomic E-state index is -1.18. The highest BCUT2D eigenvalue weighted by Crippen LogP contribution is 2.06. The lowest BCUT2D eigenvalue weighted by molar-refractivity contribution is -0.385. The number of hydrogen-bond acceptors (Lipinski definition) is 7. The number of carbonyl (C=O) groups is 1. The van der Waals surface area contributed by atoms with Gasteiger partial charge in [-0.05, 0) is 6.92 Å². The average molecular weight is 271 g/mol. The third kappa shape index (κ3) is 4.47. The highest BCUT2D eigenvalue weighted by molar-refractivity contribution is 5.69. The predicted octanol–water partition coefficient (Wildman–Crippen LogP) is -0.534. The van der Waals surface area contributed by atoms with Gasteiger partial charge in [-0.3, -0.25) is 19.5 Å². The molecule has 19 heavy (non-hydrogen) atoms. The fraction of sp³-hybridized carbons (Fsp3) is 0.500. The molecule has 1 unspecified atom stereocenters. The Hall–Kier alpha value is -2.29. The van der Waals surface area contributed by atoms with E-state index >= 15 is 0 Å². The van der Waals surface area contributed by atoms with Crippen LogP contribution in [0.2, 0.25) is 0 Å². The van der Waals surface area contributed by atoms with Gasteiger partial charge in [0.25, 0.3) is 0 Å². The maximum atomic E-state index is 11.3. The molecule has 0 bridgehead atoms. The lowest BCUT2D eigenvalue weighted by Crippen LogP contribution is -2.29. The minimum absolute atomic E-state index is 0.184. The van der Waals surface area contributed by atoms with Crippen LogP contribution in [0.4, 0.5) is 5.69 Å². The molecule has 0 amide bonds. The lowest BCUT2D eigenvalue weighted by Gasteiger charge is -2.11. The van der Waals surface area contributed by atoms with Crippen molar-refractivity contribution in [1.82, 2.24) is 9.55 Å². The number of aromatic nitrogens is 2. The van der Waals surface area contributed by atoms with E-state index in [0.717, 1.165) is 17.0 Å². The molecule has 0 aromatic carbocycles. The summed E-state index contributed by atoms with van der Waals surface area (Å²) in [5.41, 5.74) is -1.11. The van der Waals surface area contributed by atoms with Crippen molar-refractivity contribution in [2.24, 2.45) is 0 Å². The van der Waals surface area contributed by atoms with Crippen LogP contribution in [0.25, 0.3) is 0 Å². The maximum absolute atomic E-state index is 11.3. The van der Waals surface area contributed by atoms with Gasteiger partial charge in [0.2, 0.25) is 0 Å². The molecular formula is C10H13N3O6. The minimum Gasteiger partial charge on any atom is -0.466 e. The molecule has 1 N–H and O–H groups in total. The Morgan fingerprint density at radius 1 is 1.68 bits per heavy atom. The van der Waals surface area contributed by atoms with Gasteiger partial charge >= 0.3 is 17.3 Å². The number of hydrogen-bond donors (Lipinski definition) is 1. The maximum Gasteiger partial charge on any atom is 0.348 e. The summed E-state index contributed by atoms with van der Waals surface area (Å²) >= 11 is 0. The van der Waals surface area contributed by atoms with E-state index in [9.17, 15) is 24.8 Å². The molecule has 9 nitrogen and oxygen atoms in total. The molecular weight excluding hydrogens is 258 g/mol. The predicted molar refractivity (Wildman–Crippen MR) is 62.4 cm³/mol. The van der Waals surface area contributed by atoms with Gasteiger partial charge in [-0.2, -0.15) is 4.98 Å². The largest absolute Gasteiger partial charge is 0.466 e. The fourth-order valence-electron chi connectivity index (χ4n) is 1.37. The van der Waals surface area contributed by atoms with Gasteiger partial charge < -0.3 is 9.84 Å². The van der Waals surface area contributed by atoms with Crippen LogP contribution in [0.5, 0.6) is 0 Å². The summed E-state index contributed by atoms with van der Waals surface area (Å²) in [7, 11) is 0. The Bertz CT molecular complexity index is 526. The number of rotatable bonds is 6. The van der Waals surface area contributed by atoms with Crippen LogP contribution in [0.1, 0.15) is 13.3 Å². The third-order valence-corrected chi connectivity index (χ3v) is 2.17. The van der Waals surface area contributed by atoms with E-state index in [0.29, 0.717) is 0 Å². The Balaban J connectivity index is 2.76. The molecule has 0 saturated heterocycles. The van der Waals surface area contributed by atoms with Gasteiger partial charge in [-0.25, -0.2) is 4.79 Å². The van der Waals surface area contributed by atoms with E-state index in [1.165, 1.54) is 0 Å². The molecule has 1 rings (SSSR count). The van der Waals surface area contributed by atoms with Gasteiger partial charge in [0.15, 0.2) is 0 Å². The van der Waals surface area contributed by atoms with Crippen molar-refractivity contribution in [3.8, 4) is 0 Å². The number of ether oxygens (including phenoxy) is 1. The molecule has 9 heteroatoms. The molecule has 0 saturated carbocycles. The SMILES string of the molecule is CCOC(=O)CC(O)Cn1cc([N+](=O)[O-])cnc1=O. The summed E-state index contributed by atoms with van der Waals surface area (Å²) in [6.45, 7) is 1.54. The van der Waals surface area contributed by atoms with Crippen LogP contribution in [-0.2, 0) is 16.1 Å². The van der Waals surface area contributed by atoms with Gasteiger partial charge in [-0.1, -0.05) is 0 Å². The van der Waals surface area contributed by atoms with E-state index in [-0.39, 0.29) is 25.3 Å². The average Bonchev–Trinajstić information content (AvgIpc) is 2.31. The quantitative estimate of drug-likeness (QED) is 0.418. The summed E-state index contributed by atoms with van der Waals surface area (Å²) in [5.74, 6) is -0.610. The van der Waals surface area contributed by atoms with Gasteiger partial charge in [-0.15, -0.1) is 0 Å². The zero-order valence-electron chi connectivity index (χ0n) is 10.2. The number of esters is 1. The summed E-state index contributed by atoms with van der Waals surface area (Å²) in [4.78, 5) is 35.6. The molecule has 1 heterocycles. The van der Waals surface area contributed by atoms with Crippen molar-refractivity contribution in [2.45, 2.75) is 26.0 Å². The third-order valence-electron chi connectivity index (χ3n) is 2.17. The second-order valence-corrected chi connectivity index (χ2v) is 3.67. The Morgan fingerprint density at radius 3 is 2.95 bits per heavy atom. The molecule has 1 aromatic heterocycles. The van der Waals surface area contributed by atoms with Crippen molar-refractivity contribution in [3.63, 3.8) is 0 Å². The first kappa shape index (κ1) is 14.8. The summed E-state index contributed by atoms with van der Waals surface area (Å²) in [5, 5.41) is 20.1. The smallest absolute Gasteiger partial charge is 0.348 e. The van der Waals surface area contributed by atoms with Crippen LogP contribution in [0.15, 0.2) is 17.2 Å². The molecule has 0 aliphatic heterocycles. The zero-order valence-corrected chi connectivity index (χ0v) is 10.2. The highest BCUT2D eigenvalue weighted by atomic mass is 16.6. The Labute approximate surface area is 107 Å². The topological polar surface area (TPSA) is 125 Å². The van der Waals surface area contributed by atoms with Crippen molar-refractivity contribution >= 4 is 11.7 Å². The van der Waals surface area contributed by atoms with Crippen molar-refractivity contribution < 1.29 is 19.6 Å². The summed E-state index contributed by atoms with van der Waals surface area (Å²) in [6, 6.07) is 0. The molecule has 0 aliphatic rings. The first-order valence-electron chi connectivity index (χ1n) is 5.48. The first-order valence-corrected chi connectivity index (χ1v) is 5.48. The van der Waals surface area contributed by atoms with Gasteiger partial charge in [0, 0.05) is 0 Å². The standard InChI is InChI=1S/C10H13N3O6/c1-2-19-9(15)3-8(14)6-12-5-7(13(17)18)4-11-10(12)16/h4-5,8,14H,2-3,6H2,1H3. The summed E-state index contributed by atoms with van der Waals surface area (Å²) < 4.78 is 5.51.